The number of esters is 1. The van der Waals surface area contributed by atoms with Gasteiger partial charge in [0, 0.05) is 32.2 Å². The number of likely N-dealkylation sites (N-methyl/N-ethyl adjacent to an activating group) is 1. The molecule has 1 aliphatic heterocycles. The molecule has 1 fully saturated rings. The van der Waals surface area contributed by atoms with Crippen LogP contribution in [-0.2, 0) is 14.3 Å². The zero-order chi connectivity index (χ0) is 20.8. The Balaban J connectivity index is 1.93. The number of nitrogens with zero attached hydrogens (tertiary/aromatic N) is 3. The molecule has 3 rings (SSSR count). The van der Waals surface area contributed by atoms with Crippen molar-refractivity contribution in [1.29, 1.82) is 0 Å². The second-order valence-electron chi connectivity index (χ2n) is 6.77. The maximum atomic E-state index is 12.7. The molecule has 9 nitrogen and oxygen atoms in total. The van der Waals surface area contributed by atoms with Gasteiger partial charge < -0.3 is 28.9 Å². The van der Waals surface area contributed by atoms with Crippen molar-refractivity contribution in [2.24, 2.45) is 5.92 Å². The van der Waals surface area contributed by atoms with Crippen molar-refractivity contribution in [3.8, 4) is 11.3 Å². The molecule has 0 saturated carbocycles. The highest BCUT2D eigenvalue weighted by Gasteiger charge is 2.33. The van der Waals surface area contributed by atoms with Gasteiger partial charge in [-0.2, -0.15) is 0 Å². The number of aromatic nitrogens is 1. The number of carbonyl (C=O) groups excluding carboxylic acids is 2. The smallest absolute Gasteiger partial charge is 0.345 e. The number of rotatable bonds is 6. The van der Waals surface area contributed by atoms with Crippen LogP contribution in [0, 0.1) is 5.92 Å². The fourth-order valence-electron chi connectivity index (χ4n) is 3.29. The Morgan fingerprint density at radius 3 is 2.79 bits per heavy atom. The van der Waals surface area contributed by atoms with Crippen LogP contribution in [0.3, 0.4) is 0 Å². The Kier molecular flexibility index (Phi) is 6.84. The number of amides is 1. The number of aliphatic hydroxyl groups is 1. The minimum Gasteiger partial charge on any atom is -0.465 e. The summed E-state index contributed by atoms with van der Waals surface area (Å²) in [5.74, 6) is -0.527. The first-order valence-electron chi connectivity index (χ1n) is 9.38. The van der Waals surface area contributed by atoms with Crippen LogP contribution >= 0.6 is 0 Å². The summed E-state index contributed by atoms with van der Waals surface area (Å²) in [5.41, 5.74) is 0.920. The lowest BCUT2D eigenvalue weighted by Crippen LogP contribution is -2.42. The Hall–Kier alpha value is -2.91. The number of ether oxygens (including phenoxy) is 2. The Labute approximate surface area is 168 Å². The van der Waals surface area contributed by atoms with E-state index in [4.69, 9.17) is 19.1 Å². The molecule has 0 aliphatic carbocycles. The standard InChI is InChI=1S/C20H25N3O6/c1-22(8-10-24)19(25)15-12-23(9-11-28-13-15)18-16(20(26)27-2)17(29-21-18)14-6-4-3-5-7-14/h3-7,15,24H,8-13H2,1-2H3. The van der Waals surface area contributed by atoms with Gasteiger partial charge in [-0.15, -0.1) is 0 Å². The molecule has 2 aromatic rings. The van der Waals surface area contributed by atoms with Crippen molar-refractivity contribution in [2.45, 2.75) is 0 Å². The molecule has 0 bridgehead atoms. The number of carbonyl (C=O) groups is 2. The third-order valence-electron chi connectivity index (χ3n) is 4.83. The number of hydrogen-bond donors (Lipinski definition) is 1. The second kappa shape index (κ2) is 9.53. The number of hydrogen-bond acceptors (Lipinski definition) is 8. The van der Waals surface area contributed by atoms with Crippen molar-refractivity contribution in [3.05, 3.63) is 35.9 Å². The van der Waals surface area contributed by atoms with E-state index in [2.05, 4.69) is 5.16 Å². The van der Waals surface area contributed by atoms with E-state index < -0.39 is 11.9 Å². The Morgan fingerprint density at radius 1 is 1.34 bits per heavy atom. The van der Waals surface area contributed by atoms with Crippen LogP contribution < -0.4 is 4.90 Å². The Bertz CT molecular complexity index is 838. The summed E-state index contributed by atoms with van der Waals surface area (Å²) >= 11 is 0. The largest absolute Gasteiger partial charge is 0.465 e. The molecule has 9 heteroatoms. The van der Waals surface area contributed by atoms with Crippen LogP contribution in [0.1, 0.15) is 10.4 Å². The van der Waals surface area contributed by atoms with Crippen LogP contribution in [0.2, 0.25) is 0 Å². The van der Waals surface area contributed by atoms with Crippen molar-refractivity contribution in [2.75, 3.05) is 58.5 Å². The molecule has 1 amide bonds. The van der Waals surface area contributed by atoms with Gasteiger partial charge in [-0.25, -0.2) is 4.79 Å². The van der Waals surface area contributed by atoms with Gasteiger partial charge in [-0.3, -0.25) is 4.79 Å². The number of aliphatic hydroxyl groups excluding tert-OH is 1. The summed E-state index contributed by atoms with van der Waals surface area (Å²) < 4.78 is 16.1. The van der Waals surface area contributed by atoms with Crippen LogP contribution in [-0.4, -0.2) is 80.7 Å². The number of methoxy groups -OCH3 is 1. The van der Waals surface area contributed by atoms with Crippen LogP contribution in [0.5, 0.6) is 0 Å². The summed E-state index contributed by atoms with van der Waals surface area (Å²) in [6.07, 6.45) is 0. The topological polar surface area (TPSA) is 105 Å². The normalized spacial score (nSPS) is 16.9. The summed E-state index contributed by atoms with van der Waals surface area (Å²) in [6.45, 7) is 1.50. The van der Waals surface area contributed by atoms with Gasteiger partial charge in [0.05, 0.1) is 32.8 Å². The molecule has 29 heavy (non-hydrogen) atoms. The maximum Gasteiger partial charge on any atom is 0.345 e. The van der Waals surface area contributed by atoms with Gasteiger partial charge in [-0.1, -0.05) is 35.5 Å². The fraction of sp³-hybridized carbons (Fsp3) is 0.450. The Morgan fingerprint density at radius 2 is 2.10 bits per heavy atom. The van der Waals surface area contributed by atoms with E-state index in [0.29, 0.717) is 36.8 Å². The first-order chi connectivity index (χ1) is 14.1. The molecule has 1 aromatic carbocycles. The molecule has 1 aliphatic rings. The zero-order valence-electron chi connectivity index (χ0n) is 16.5. The molecular formula is C20H25N3O6. The summed E-state index contributed by atoms with van der Waals surface area (Å²) in [5, 5.41) is 13.2. The molecular weight excluding hydrogens is 378 g/mol. The van der Waals surface area contributed by atoms with E-state index >= 15 is 0 Å². The summed E-state index contributed by atoms with van der Waals surface area (Å²) in [6, 6.07) is 9.18. The van der Waals surface area contributed by atoms with Crippen molar-refractivity contribution >= 4 is 17.7 Å². The van der Waals surface area contributed by atoms with Crippen LogP contribution in [0.25, 0.3) is 11.3 Å². The lowest BCUT2D eigenvalue weighted by atomic mass is 10.1. The van der Waals surface area contributed by atoms with Gasteiger partial charge in [0.15, 0.2) is 17.1 Å². The predicted octanol–water partition coefficient (Wildman–Crippen LogP) is 1.03. The first-order valence-corrected chi connectivity index (χ1v) is 9.38. The van der Waals surface area contributed by atoms with Crippen molar-refractivity contribution in [3.63, 3.8) is 0 Å². The molecule has 1 atom stereocenters. The molecule has 1 N–H and O–H groups in total. The van der Waals surface area contributed by atoms with E-state index in [-0.39, 0.29) is 31.2 Å². The first kappa shape index (κ1) is 20.8. The monoisotopic (exact) mass is 403 g/mol. The highest BCUT2D eigenvalue weighted by molar-refractivity contribution is 6.00. The number of anilines is 1. The highest BCUT2D eigenvalue weighted by Crippen LogP contribution is 2.32. The van der Waals surface area contributed by atoms with Gasteiger partial charge in [0.1, 0.15) is 0 Å². The van der Waals surface area contributed by atoms with Gasteiger partial charge >= 0.3 is 5.97 Å². The molecule has 1 saturated heterocycles. The van der Waals surface area contributed by atoms with Gasteiger partial charge in [0.2, 0.25) is 5.91 Å². The minimum atomic E-state index is -0.564. The average molecular weight is 403 g/mol. The molecule has 2 heterocycles. The highest BCUT2D eigenvalue weighted by atomic mass is 16.5. The maximum absolute atomic E-state index is 12.7. The van der Waals surface area contributed by atoms with Crippen molar-refractivity contribution in [1.82, 2.24) is 10.1 Å². The fourth-order valence-corrected chi connectivity index (χ4v) is 3.29. The molecule has 0 spiro atoms. The third-order valence-corrected chi connectivity index (χ3v) is 4.83. The van der Waals surface area contributed by atoms with Crippen molar-refractivity contribution < 1.29 is 28.7 Å². The van der Waals surface area contributed by atoms with Gasteiger partial charge in [-0.05, 0) is 0 Å². The third kappa shape index (κ3) is 4.57. The summed E-state index contributed by atoms with van der Waals surface area (Å²) in [7, 11) is 2.94. The predicted molar refractivity (Wildman–Crippen MR) is 105 cm³/mol. The van der Waals surface area contributed by atoms with Gasteiger partial charge in [0.25, 0.3) is 0 Å². The lowest BCUT2D eigenvalue weighted by Gasteiger charge is -2.26. The molecule has 1 aromatic heterocycles. The van der Waals surface area contributed by atoms with E-state index in [1.807, 2.05) is 35.2 Å². The SMILES string of the molecule is COC(=O)c1c(N2CCOCC(C(=O)N(C)CCO)C2)noc1-c1ccccc1. The molecule has 1 unspecified atom stereocenters. The van der Waals surface area contributed by atoms with E-state index in [0.717, 1.165) is 0 Å². The second-order valence-corrected chi connectivity index (χ2v) is 6.77. The molecule has 156 valence electrons. The van der Waals surface area contributed by atoms with Crippen LogP contribution in [0.4, 0.5) is 5.82 Å². The zero-order valence-corrected chi connectivity index (χ0v) is 16.5. The lowest BCUT2D eigenvalue weighted by molar-refractivity contribution is -0.135. The van der Waals surface area contributed by atoms with Crippen LogP contribution in [0.15, 0.2) is 34.9 Å². The van der Waals surface area contributed by atoms with E-state index in [9.17, 15) is 9.59 Å². The molecule has 0 radical (unpaired) electrons. The average Bonchev–Trinajstić information content (AvgIpc) is 3.04. The quantitative estimate of drug-likeness (QED) is 0.713. The summed E-state index contributed by atoms with van der Waals surface area (Å²) in [4.78, 5) is 28.5. The van der Waals surface area contributed by atoms with E-state index in [1.54, 1.807) is 7.05 Å². The van der Waals surface area contributed by atoms with E-state index in [1.165, 1.54) is 12.0 Å². The number of benzene rings is 1. The minimum absolute atomic E-state index is 0.115.